The standard InChI is InChI=1S/C28H36N4O3/c1-5-6-16-29-26(33)24-11-7-9-22-19-32(30-25(22)24)23-14-12-20(13-15-23)21-10-8-17-31(18-21)27(34)35-28(2,3)4/h7,9,11-15,19,21H,5-6,8,10,16-18H2,1-4H3,(H,29,33)/t21-/m1/s1. The Balaban J connectivity index is 1.49. The first-order chi connectivity index (χ1) is 16.7. The van der Waals surface area contributed by atoms with E-state index in [9.17, 15) is 9.59 Å². The molecule has 2 heterocycles. The Morgan fingerprint density at radius 3 is 2.63 bits per heavy atom. The Morgan fingerprint density at radius 1 is 1.14 bits per heavy atom. The molecule has 1 aliphatic rings. The number of nitrogens with one attached hydrogen (secondary N) is 1. The van der Waals surface area contributed by atoms with Crippen molar-refractivity contribution in [2.24, 2.45) is 0 Å². The number of benzene rings is 2. The predicted molar refractivity (Wildman–Crippen MR) is 138 cm³/mol. The molecule has 2 amide bonds. The summed E-state index contributed by atoms with van der Waals surface area (Å²) in [6.07, 6.45) is 5.71. The maximum absolute atomic E-state index is 12.7. The van der Waals surface area contributed by atoms with E-state index >= 15 is 0 Å². The molecule has 0 aliphatic carbocycles. The van der Waals surface area contributed by atoms with Crippen LogP contribution < -0.4 is 5.32 Å². The summed E-state index contributed by atoms with van der Waals surface area (Å²) in [5, 5.41) is 8.64. The molecule has 0 spiro atoms. The quantitative estimate of drug-likeness (QED) is 0.465. The van der Waals surface area contributed by atoms with Crippen molar-refractivity contribution in [1.82, 2.24) is 20.0 Å². The number of hydrogen-bond donors (Lipinski definition) is 1. The first-order valence-electron chi connectivity index (χ1n) is 12.6. The molecule has 1 aromatic heterocycles. The van der Waals surface area contributed by atoms with Crippen LogP contribution in [-0.2, 0) is 4.74 Å². The second kappa shape index (κ2) is 10.5. The van der Waals surface area contributed by atoms with Crippen molar-refractivity contribution in [3.05, 3.63) is 59.8 Å². The first kappa shape index (κ1) is 24.8. The van der Waals surface area contributed by atoms with E-state index in [0.29, 0.717) is 24.2 Å². The molecule has 4 rings (SSSR count). The average molecular weight is 477 g/mol. The third kappa shape index (κ3) is 6.02. The van der Waals surface area contributed by atoms with E-state index in [-0.39, 0.29) is 17.9 Å². The van der Waals surface area contributed by atoms with Crippen LogP contribution in [0.3, 0.4) is 0 Å². The third-order valence-corrected chi connectivity index (χ3v) is 6.30. The maximum Gasteiger partial charge on any atom is 0.410 e. The summed E-state index contributed by atoms with van der Waals surface area (Å²) in [4.78, 5) is 27.0. The molecule has 1 atom stereocenters. The number of ether oxygens (including phenoxy) is 1. The zero-order valence-electron chi connectivity index (χ0n) is 21.2. The molecule has 2 aromatic carbocycles. The third-order valence-electron chi connectivity index (χ3n) is 6.30. The van der Waals surface area contributed by atoms with Gasteiger partial charge in [-0.25, -0.2) is 9.48 Å². The molecule has 1 aliphatic heterocycles. The minimum Gasteiger partial charge on any atom is -0.444 e. The largest absolute Gasteiger partial charge is 0.444 e. The lowest BCUT2D eigenvalue weighted by atomic mass is 9.91. The van der Waals surface area contributed by atoms with E-state index in [4.69, 9.17) is 9.84 Å². The zero-order chi connectivity index (χ0) is 25.0. The minimum atomic E-state index is -0.491. The normalized spacial score (nSPS) is 16.3. The number of carbonyl (C=O) groups is 2. The molecule has 1 N–H and O–H groups in total. The molecule has 186 valence electrons. The molecule has 0 bridgehead atoms. The number of carbonyl (C=O) groups excluding carboxylic acids is 2. The summed E-state index contributed by atoms with van der Waals surface area (Å²) >= 11 is 0. The number of rotatable bonds is 6. The van der Waals surface area contributed by atoms with Crippen LogP contribution in [0.25, 0.3) is 16.6 Å². The molecule has 0 radical (unpaired) electrons. The fraction of sp³-hybridized carbons (Fsp3) is 0.464. The highest BCUT2D eigenvalue weighted by Gasteiger charge is 2.28. The molecule has 35 heavy (non-hydrogen) atoms. The number of piperidine rings is 1. The van der Waals surface area contributed by atoms with Gasteiger partial charge in [0.05, 0.1) is 11.3 Å². The summed E-state index contributed by atoms with van der Waals surface area (Å²) < 4.78 is 7.39. The summed E-state index contributed by atoms with van der Waals surface area (Å²) in [5.41, 5.74) is 2.94. The highest BCUT2D eigenvalue weighted by atomic mass is 16.6. The summed E-state index contributed by atoms with van der Waals surface area (Å²) in [6.45, 7) is 9.85. The molecule has 7 nitrogen and oxygen atoms in total. The van der Waals surface area contributed by atoms with Crippen LogP contribution in [0.4, 0.5) is 4.79 Å². The van der Waals surface area contributed by atoms with Gasteiger partial charge in [-0.1, -0.05) is 37.6 Å². The molecular weight excluding hydrogens is 440 g/mol. The lowest BCUT2D eigenvalue weighted by molar-refractivity contribution is 0.0198. The van der Waals surface area contributed by atoms with Gasteiger partial charge in [0, 0.05) is 37.1 Å². The number of unbranched alkanes of at least 4 members (excludes halogenated alkanes) is 1. The van der Waals surface area contributed by atoms with Crippen molar-refractivity contribution >= 4 is 22.9 Å². The Morgan fingerprint density at radius 2 is 1.91 bits per heavy atom. The topological polar surface area (TPSA) is 76.5 Å². The molecule has 7 heteroatoms. The predicted octanol–water partition coefficient (Wildman–Crippen LogP) is 5.67. The van der Waals surface area contributed by atoms with Gasteiger partial charge < -0.3 is 15.0 Å². The van der Waals surface area contributed by atoms with E-state index in [0.717, 1.165) is 43.3 Å². The van der Waals surface area contributed by atoms with Crippen LogP contribution in [0.15, 0.2) is 48.7 Å². The van der Waals surface area contributed by atoms with Crippen molar-refractivity contribution < 1.29 is 14.3 Å². The van der Waals surface area contributed by atoms with Gasteiger partial charge in [0.25, 0.3) is 5.91 Å². The highest BCUT2D eigenvalue weighted by Crippen LogP contribution is 2.29. The fourth-order valence-electron chi connectivity index (χ4n) is 4.48. The van der Waals surface area contributed by atoms with Crippen LogP contribution in [0.1, 0.15) is 75.2 Å². The SMILES string of the molecule is CCCCNC(=O)c1cccc2cn(-c3ccc([C@@H]4CCCN(C(=O)OC(C)(C)C)C4)cc3)nc12. The molecule has 0 saturated carbocycles. The fourth-order valence-corrected chi connectivity index (χ4v) is 4.48. The second-order valence-corrected chi connectivity index (χ2v) is 10.3. The molecule has 0 unspecified atom stereocenters. The van der Waals surface area contributed by atoms with Gasteiger partial charge in [0.1, 0.15) is 11.1 Å². The van der Waals surface area contributed by atoms with Gasteiger partial charge in [-0.15, -0.1) is 0 Å². The van der Waals surface area contributed by atoms with E-state index in [1.807, 2.05) is 54.7 Å². The summed E-state index contributed by atoms with van der Waals surface area (Å²) in [6, 6.07) is 14.0. The van der Waals surface area contributed by atoms with E-state index in [1.54, 1.807) is 0 Å². The Bertz CT molecular complexity index is 1180. The van der Waals surface area contributed by atoms with E-state index < -0.39 is 5.60 Å². The number of hydrogen-bond acceptors (Lipinski definition) is 4. The van der Waals surface area contributed by atoms with Crippen LogP contribution in [0.2, 0.25) is 0 Å². The number of nitrogens with zero attached hydrogens (tertiary/aromatic N) is 3. The molecule has 1 fully saturated rings. The maximum atomic E-state index is 12.7. The van der Waals surface area contributed by atoms with Gasteiger partial charge in [-0.2, -0.15) is 5.10 Å². The van der Waals surface area contributed by atoms with Crippen molar-refractivity contribution in [3.8, 4) is 5.69 Å². The Labute approximate surface area is 207 Å². The van der Waals surface area contributed by atoms with Crippen LogP contribution in [0, 0.1) is 0 Å². The van der Waals surface area contributed by atoms with Crippen molar-refractivity contribution in [2.75, 3.05) is 19.6 Å². The number of fused-ring (bicyclic) bond motifs is 1. The van der Waals surface area contributed by atoms with Gasteiger partial charge >= 0.3 is 6.09 Å². The Kier molecular flexibility index (Phi) is 7.43. The monoisotopic (exact) mass is 476 g/mol. The van der Waals surface area contributed by atoms with Crippen molar-refractivity contribution in [1.29, 1.82) is 0 Å². The minimum absolute atomic E-state index is 0.0866. The molecule has 3 aromatic rings. The second-order valence-electron chi connectivity index (χ2n) is 10.3. The van der Waals surface area contributed by atoms with Crippen molar-refractivity contribution in [3.63, 3.8) is 0 Å². The van der Waals surface area contributed by atoms with Gasteiger partial charge in [-0.05, 0) is 63.8 Å². The number of amides is 2. The summed E-state index contributed by atoms with van der Waals surface area (Å²) in [7, 11) is 0. The molecule has 1 saturated heterocycles. The average Bonchev–Trinajstić information content (AvgIpc) is 3.28. The van der Waals surface area contributed by atoms with Gasteiger partial charge in [0.15, 0.2) is 0 Å². The molecular formula is C28H36N4O3. The zero-order valence-corrected chi connectivity index (χ0v) is 21.2. The van der Waals surface area contributed by atoms with Gasteiger partial charge in [-0.3, -0.25) is 4.79 Å². The van der Waals surface area contributed by atoms with E-state index in [1.165, 1.54) is 5.56 Å². The number of aromatic nitrogens is 2. The summed E-state index contributed by atoms with van der Waals surface area (Å²) in [5.74, 6) is 0.192. The highest BCUT2D eigenvalue weighted by molar-refractivity contribution is 6.05. The Hall–Kier alpha value is -3.35. The number of likely N-dealkylation sites (tertiary alicyclic amines) is 1. The smallest absolute Gasteiger partial charge is 0.410 e. The van der Waals surface area contributed by atoms with Crippen LogP contribution >= 0.6 is 0 Å². The van der Waals surface area contributed by atoms with E-state index in [2.05, 4.69) is 36.5 Å². The van der Waals surface area contributed by atoms with Gasteiger partial charge in [0.2, 0.25) is 0 Å². The van der Waals surface area contributed by atoms with Crippen LogP contribution in [-0.4, -0.2) is 51.9 Å². The lowest BCUT2D eigenvalue weighted by Crippen LogP contribution is -2.42. The first-order valence-corrected chi connectivity index (χ1v) is 12.6. The lowest BCUT2D eigenvalue weighted by Gasteiger charge is -2.34. The van der Waals surface area contributed by atoms with Crippen molar-refractivity contribution in [2.45, 2.75) is 64.9 Å². The van der Waals surface area contributed by atoms with Crippen LogP contribution in [0.5, 0.6) is 0 Å².